The molecule has 1 aliphatic heterocycles. The molecule has 0 bridgehead atoms. The number of alkyl halides is 2. The molecule has 0 radical (unpaired) electrons. The van der Waals surface area contributed by atoms with Crippen LogP contribution in [0.25, 0.3) is 0 Å². The number of nitrogens with one attached hydrogen (secondary N) is 2. The summed E-state index contributed by atoms with van der Waals surface area (Å²) >= 11 is 0. The molecule has 1 heterocycles. The molecular formula is C15H21ClF2N2O3S. The molecule has 1 saturated heterocycles. The fourth-order valence-corrected chi connectivity index (χ4v) is 3.25. The van der Waals surface area contributed by atoms with Crippen LogP contribution in [-0.4, -0.2) is 39.2 Å². The van der Waals surface area contributed by atoms with E-state index in [1.807, 2.05) is 0 Å². The number of sulfone groups is 1. The first-order chi connectivity index (χ1) is 10.8. The van der Waals surface area contributed by atoms with E-state index < -0.39 is 20.5 Å². The lowest BCUT2D eigenvalue weighted by atomic mass is 9.94. The van der Waals surface area contributed by atoms with Crippen molar-refractivity contribution in [2.75, 3.05) is 13.1 Å². The van der Waals surface area contributed by atoms with Crippen molar-refractivity contribution >= 4 is 28.2 Å². The number of halogens is 3. The summed E-state index contributed by atoms with van der Waals surface area (Å²) in [6.07, 6.45) is 1.07. The van der Waals surface area contributed by atoms with Crippen LogP contribution in [0.3, 0.4) is 0 Å². The molecule has 2 N–H and O–H groups in total. The molecule has 24 heavy (non-hydrogen) atoms. The van der Waals surface area contributed by atoms with Gasteiger partial charge in [-0.1, -0.05) is 19.1 Å². The van der Waals surface area contributed by atoms with E-state index in [9.17, 15) is 22.0 Å². The van der Waals surface area contributed by atoms with Crippen molar-refractivity contribution in [3.8, 4) is 0 Å². The van der Waals surface area contributed by atoms with Gasteiger partial charge in [0, 0.05) is 12.6 Å². The SMILES string of the molecule is CC1CCNCC1NC(=O)Cc1ccc(S(=O)(=O)C(F)F)cc1.Cl. The number of rotatable bonds is 5. The van der Waals surface area contributed by atoms with E-state index in [1.165, 1.54) is 12.1 Å². The fraction of sp³-hybridized carbons (Fsp3) is 0.533. The van der Waals surface area contributed by atoms with Crippen LogP contribution in [-0.2, 0) is 21.1 Å². The lowest BCUT2D eigenvalue weighted by Crippen LogP contribution is -2.50. The van der Waals surface area contributed by atoms with Crippen molar-refractivity contribution in [3.63, 3.8) is 0 Å². The molecule has 2 atom stereocenters. The van der Waals surface area contributed by atoms with E-state index in [4.69, 9.17) is 0 Å². The van der Waals surface area contributed by atoms with Crippen LogP contribution in [0.1, 0.15) is 18.9 Å². The maximum absolute atomic E-state index is 12.4. The topological polar surface area (TPSA) is 75.3 Å². The van der Waals surface area contributed by atoms with Gasteiger partial charge in [-0.3, -0.25) is 4.79 Å². The number of hydrogen-bond acceptors (Lipinski definition) is 4. The van der Waals surface area contributed by atoms with Gasteiger partial charge in [-0.25, -0.2) is 8.42 Å². The summed E-state index contributed by atoms with van der Waals surface area (Å²) in [5.41, 5.74) is 0.576. The number of amides is 1. The van der Waals surface area contributed by atoms with Crippen LogP contribution in [0.5, 0.6) is 0 Å². The summed E-state index contributed by atoms with van der Waals surface area (Å²) in [6.45, 7) is 3.74. The number of piperidine rings is 1. The summed E-state index contributed by atoms with van der Waals surface area (Å²) in [6, 6.07) is 5.05. The highest BCUT2D eigenvalue weighted by Gasteiger charge is 2.26. The maximum Gasteiger partial charge on any atom is 0.341 e. The Morgan fingerprint density at radius 2 is 1.96 bits per heavy atom. The minimum atomic E-state index is -4.59. The van der Waals surface area contributed by atoms with Crippen LogP contribution < -0.4 is 10.6 Å². The van der Waals surface area contributed by atoms with Crippen LogP contribution in [0.4, 0.5) is 8.78 Å². The normalized spacial score (nSPS) is 21.2. The molecule has 2 rings (SSSR count). The lowest BCUT2D eigenvalue weighted by molar-refractivity contribution is -0.121. The molecule has 2 unspecified atom stereocenters. The van der Waals surface area contributed by atoms with E-state index in [0.29, 0.717) is 11.5 Å². The molecule has 1 aromatic carbocycles. The maximum atomic E-state index is 12.4. The average molecular weight is 383 g/mol. The van der Waals surface area contributed by atoms with Crippen LogP contribution in [0, 0.1) is 5.92 Å². The van der Waals surface area contributed by atoms with Crippen molar-refractivity contribution in [2.45, 2.75) is 36.5 Å². The zero-order chi connectivity index (χ0) is 17.0. The molecule has 136 valence electrons. The van der Waals surface area contributed by atoms with Crippen molar-refractivity contribution < 1.29 is 22.0 Å². The van der Waals surface area contributed by atoms with Gasteiger partial charge in [0.2, 0.25) is 15.7 Å². The van der Waals surface area contributed by atoms with Crippen molar-refractivity contribution in [1.29, 1.82) is 0 Å². The summed E-state index contributed by atoms with van der Waals surface area (Å²) in [7, 11) is -4.59. The Labute approximate surface area is 146 Å². The van der Waals surface area contributed by atoms with Crippen LogP contribution >= 0.6 is 12.4 Å². The van der Waals surface area contributed by atoms with Gasteiger partial charge < -0.3 is 10.6 Å². The van der Waals surface area contributed by atoms with Gasteiger partial charge >= 0.3 is 5.76 Å². The second kappa shape index (κ2) is 8.73. The minimum Gasteiger partial charge on any atom is -0.352 e. The summed E-state index contributed by atoms with van der Waals surface area (Å²) in [4.78, 5) is 11.6. The van der Waals surface area contributed by atoms with Gasteiger partial charge in [0.15, 0.2) is 0 Å². The van der Waals surface area contributed by atoms with Gasteiger partial charge in [0.05, 0.1) is 11.3 Å². The van der Waals surface area contributed by atoms with Crippen LogP contribution in [0.15, 0.2) is 29.2 Å². The quantitative estimate of drug-likeness (QED) is 0.813. The first-order valence-electron chi connectivity index (χ1n) is 7.42. The van der Waals surface area contributed by atoms with E-state index in [-0.39, 0.29) is 30.8 Å². The summed E-state index contributed by atoms with van der Waals surface area (Å²) in [5.74, 6) is -3.23. The Bertz CT molecular complexity index is 653. The minimum absolute atomic E-state index is 0. The van der Waals surface area contributed by atoms with Gasteiger partial charge in [0.25, 0.3) is 0 Å². The molecule has 9 heteroatoms. The molecule has 0 spiro atoms. The molecule has 0 aliphatic carbocycles. The van der Waals surface area contributed by atoms with E-state index in [1.54, 1.807) is 0 Å². The highest BCUT2D eigenvalue weighted by molar-refractivity contribution is 7.91. The van der Waals surface area contributed by atoms with E-state index in [2.05, 4.69) is 17.6 Å². The Kier molecular flexibility index (Phi) is 7.56. The highest BCUT2D eigenvalue weighted by Crippen LogP contribution is 2.19. The van der Waals surface area contributed by atoms with Crippen LogP contribution in [0.2, 0.25) is 0 Å². The highest BCUT2D eigenvalue weighted by atomic mass is 35.5. The molecule has 1 fully saturated rings. The monoisotopic (exact) mass is 382 g/mol. The van der Waals surface area contributed by atoms with E-state index in [0.717, 1.165) is 31.6 Å². The molecule has 1 aliphatic rings. The zero-order valence-electron chi connectivity index (χ0n) is 13.2. The molecule has 0 saturated carbocycles. The smallest absolute Gasteiger partial charge is 0.341 e. The summed E-state index contributed by atoms with van der Waals surface area (Å²) in [5, 5.41) is 6.16. The van der Waals surface area contributed by atoms with Crippen molar-refractivity contribution in [1.82, 2.24) is 10.6 Å². The first-order valence-corrected chi connectivity index (χ1v) is 8.96. The molecular weight excluding hydrogens is 362 g/mol. The number of carbonyl (C=O) groups excluding carboxylic acids is 1. The van der Waals surface area contributed by atoms with E-state index >= 15 is 0 Å². The van der Waals surface area contributed by atoms with Gasteiger partial charge in [-0.2, -0.15) is 8.78 Å². The van der Waals surface area contributed by atoms with Crippen molar-refractivity contribution in [3.05, 3.63) is 29.8 Å². The largest absolute Gasteiger partial charge is 0.352 e. The Morgan fingerprint density at radius 1 is 1.33 bits per heavy atom. The molecule has 0 aromatic heterocycles. The first kappa shape index (κ1) is 20.8. The standard InChI is InChI=1S/C15H20F2N2O3S.ClH/c1-10-6-7-18-9-13(10)19-14(20)8-11-2-4-12(5-3-11)23(21,22)15(16)17;/h2-5,10,13,15,18H,6-9H2,1H3,(H,19,20);1H. The second-order valence-corrected chi connectivity index (χ2v) is 7.69. The Morgan fingerprint density at radius 3 is 2.50 bits per heavy atom. The average Bonchev–Trinajstić information content (AvgIpc) is 2.50. The van der Waals surface area contributed by atoms with Crippen molar-refractivity contribution in [2.24, 2.45) is 5.92 Å². The predicted molar refractivity (Wildman–Crippen MR) is 89.2 cm³/mol. The third-order valence-electron chi connectivity index (χ3n) is 4.03. The molecule has 5 nitrogen and oxygen atoms in total. The third-order valence-corrected chi connectivity index (χ3v) is 5.42. The second-order valence-electron chi connectivity index (χ2n) is 5.77. The third kappa shape index (κ3) is 5.12. The number of benzene rings is 1. The fourth-order valence-electron chi connectivity index (χ4n) is 2.53. The number of carbonyl (C=O) groups is 1. The number of hydrogen-bond donors (Lipinski definition) is 2. The summed E-state index contributed by atoms with van der Waals surface area (Å²) < 4.78 is 47.6. The zero-order valence-corrected chi connectivity index (χ0v) is 14.8. The lowest BCUT2D eigenvalue weighted by Gasteiger charge is -2.30. The van der Waals surface area contributed by atoms with Gasteiger partial charge in [-0.15, -0.1) is 12.4 Å². The Balaban J connectivity index is 0.00000288. The Hall–Kier alpha value is -1.25. The molecule has 1 amide bonds. The predicted octanol–water partition coefficient (Wildman–Crippen LogP) is 1.76. The molecule has 1 aromatic rings. The van der Waals surface area contributed by atoms with Gasteiger partial charge in [-0.05, 0) is 36.6 Å². The van der Waals surface area contributed by atoms with Gasteiger partial charge in [0.1, 0.15) is 0 Å².